The Hall–Kier alpha value is -1.58. The number of fused-ring (bicyclic) bond motifs is 1. The van der Waals surface area contributed by atoms with Gasteiger partial charge in [0.15, 0.2) is 5.65 Å². The van der Waals surface area contributed by atoms with Gasteiger partial charge >= 0.3 is 0 Å². The molecule has 2 heterocycles. The lowest BCUT2D eigenvalue weighted by molar-refractivity contribution is 0.895. The van der Waals surface area contributed by atoms with Gasteiger partial charge in [0.1, 0.15) is 0 Å². The number of aromatic nitrogens is 3. The second-order valence-electron chi connectivity index (χ2n) is 2.66. The molecule has 0 aliphatic rings. The van der Waals surface area contributed by atoms with E-state index in [0.29, 0.717) is 5.65 Å². The smallest absolute Gasteiger partial charge is 0.266 e. The maximum atomic E-state index is 10.9. The normalized spacial score (nSPS) is 10.8. The summed E-state index contributed by atoms with van der Waals surface area (Å²) in [5.74, 6) is 0. The first-order chi connectivity index (χ1) is 5.79. The Morgan fingerprint density at radius 3 is 3.25 bits per heavy atom. The topological polar surface area (TPSA) is 50.2 Å². The van der Waals surface area contributed by atoms with Gasteiger partial charge in [-0.05, 0) is 12.0 Å². The summed E-state index contributed by atoms with van der Waals surface area (Å²) in [5.41, 5.74) is 1.65. The number of nitrogens with zero attached hydrogens (tertiary/aromatic N) is 2. The minimum absolute atomic E-state index is 0.115. The molecule has 1 N–H and O–H groups in total. The van der Waals surface area contributed by atoms with E-state index in [9.17, 15) is 4.79 Å². The number of nitrogens with one attached hydrogen (secondary N) is 1. The van der Waals surface area contributed by atoms with Gasteiger partial charge in [-0.1, -0.05) is 6.92 Å². The van der Waals surface area contributed by atoms with Crippen LogP contribution in [0.4, 0.5) is 0 Å². The average Bonchev–Trinajstić information content (AvgIpc) is 2.43. The maximum Gasteiger partial charge on any atom is 0.266 e. The first-order valence-electron chi connectivity index (χ1n) is 3.86. The average molecular weight is 163 g/mol. The number of hydrogen-bond donors (Lipinski definition) is 1. The zero-order chi connectivity index (χ0) is 8.55. The van der Waals surface area contributed by atoms with Crippen molar-refractivity contribution in [1.82, 2.24) is 14.6 Å². The molecule has 0 aliphatic heterocycles. The standard InChI is InChI=1S/C8H9N3O/c1-2-6-4-9-7-3-8(12)10-11(7)5-6/h3-5H,2H2,1H3,(H,10,12). The number of aromatic amines is 1. The third-order valence-electron chi connectivity index (χ3n) is 1.80. The second kappa shape index (κ2) is 2.48. The molecule has 0 fully saturated rings. The van der Waals surface area contributed by atoms with Crippen LogP contribution >= 0.6 is 0 Å². The van der Waals surface area contributed by atoms with Crippen molar-refractivity contribution in [2.24, 2.45) is 0 Å². The van der Waals surface area contributed by atoms with Crippen LogP contribution in [-0.2, 0) is 6.42 Å². The van der Waals surface area contributed by atoms with E-state index in [0.717, 1.165) is 12.0 Å². The molecule has 0 spiro atoms. The summed E-state index contributed by atoms with van der Waals surface area (Å²) in [5, 5.41) is 2.63. The van der Waals surface area contributed by atoms with Gasteiger partial charge in [-0.3, -0.25) is 9.89 Å². The monoisotopic (exact) mass is 163 g/mol. The highest BCUT2D eigenvalue weighted by Crippen LogP contribution is 1.99. The second-order valence-corrected chi connectivity index (χ2v) is 2.66. The van der Waals surface area contributed by atoms with E-state index in [-0.39, 0.29) is 5.56 Å². The number of H-pyrrole nitrogens is 1. The summed E-state index contributed by atoms with van der Waals surface area (Å²) in [6.45, 7) is 2.05. The van der Waals surface area contributed by atoms with Gasteiger partial charge in [0.05, 0.1) is 0 Å². The molecule has 0 saturated carbocycles. The van der Waals surface area contributed by atoms with Gasteiger partial charge in [0.25, 0.3) is 5.56 Å². The highest BCUT2D eigenvalue weighted by molar-refractivity contribution is 5.35. The van der Waals surface area contributed by atoms with E-state index in [1.165, 1.54) is 6.07 Å². The summed E-state index contributed by atoms with van der Waals surface area (Å²) in [7, 11) is 0. The van der Waals surface area contributed by atoms with Crippen molar-refractivity contribution in [2.45, 2.75) is 13.3 Å². The molecule has 0 aromatic carbocycles. The SMILES string of the molecule is CCc1cnc2cc(=O)[nH]n2c1. The Balaban J connectivity index is 2.74. The Morgan fingerprint density at radius 1 is 1.67 bits per heavy atom. The molecule has 2 aromatic heterocycles. The number of rotatable bonds is 1. The first kappa shape index (κ1) is 7.09. The lowest BCUT2D eigenvalue weighted by Gasteiger charge is -1.96. The Kier molecular flexibility index (Phi) is 1.46. The fraction of sp³-hybridized carbons (Fsp3) is 0.250. The summed E-state index contributed by atoms with van der Waals surface area (Å²) < 4.78 is 1.64. The Morgan fingerprint density at radius 2 is 2.50 bits per heavy atom. The van der Waals surface area contributed by atoms with Crippen molar-refractivity contribution < 1.29 is 0 Å². The number of aryl methyl sites for hydroxylation is 1. The molecular weight excluding hydrogens is 154 g/mol. The van der Waals surface area contributed by atoms with Crippen LogP contribution < -0.4 is 5.56 Å². The van der Waals surface area contributed by atoms with E-state index < -0.39 is 0 Å². The van der Waals surface area contributed by atoms with Crippen LogP contribution in [0.2, 0.25) is 0 Å². The molecule has 0 aliphatic carbocycles. The van der Waals surface area contributed by atoms with Crippen molar-refractivity contribution in [2.75, 3.05) is 0 Å². The minimum Gasteiger partial charge on any atom is -0.268 e. The molecular formula is C8H9N3O. The lowest BCUT2D eigenvalue weighted by Crippen LogP contribution is -1.99. The molecule has 0 bridgehead atoms. The zero-order valence-electron chi connectivity index (χ0n) is 6.74. The van der Waals surface area contributed by atoms with Gasteiger partial charge in [0, 0.05) is 18.5 Å². The van der Waals surface area contributed by atoms with Crippen LogP contribution in [0.3, 0.4) is 0 Å². The molecule has 0 atom stereocenters. The molecule has 0 unspecified atom stereocenters. The van der Waals surface area contributed by atoms with Gasteiger partial charge < -0.3 is 0 Å². The zero-order valence-corrected chi connectivity index (χ0v) is 6.74. The molecule has 2 aromatic rings. The van der Waals surface area contributed by atoms with Crippen LogP contribution in [0.15, 0.2) is 23.3 Å². The molecule has 4 heteroatoms. The maximum absolute atomic E-state index is 10.9. The highest BCUT2D eigenvalue weighted by Gasteiger charge is 1.96. The van der Waals surface area contributed by atoms with Gasteiger partial charge in [-0.25, -0.2) is 9.50 Å². The highest BCUT2D eigenvalue weighted by atomic mass is 16.1. The molecule has 62 valence electrons. The van der Waals surface area contributed by atoms with Gasteiger partial charge in [0.2, 0.25) is 0 Å². The lowest BCUT2D eigenvalue weighted by atomic mass is 10.3. The van der Waals surface area contributed by atoms with E-state index in [1.807, 2.05) is 13.1 Å². The Bertz CT molecular complexity index is 455. The molecule has 12 heavy (non-hydrogen) atoms. The predicted octanol–water partition coefficient (Wildman–Crippen LogP) is 0.585. The number of hydrogen-bond acceptors (Lipinski definition) is 2. The van der Waals surface area contributed by atoms with E-state index >= 15 is 0 Å². The fourth-order valence-corrected chi connectivity index (χ4v) is 1.12. The molecule has 4 nitrogen and oxygen atoms in total. The summed E-state index contributed by atoms with van der Waals surface area (Å²) in [4.78, 5) is 15.0. The van der Waals surface area contributed by atoms with Crippen molar-refractivity contribution >= 4 is 5.65 Å². The summed E-state index contributed by atoms with van der Waals surface area (Å²) in [6.07, 6.45) is 4.58. The first-order valence-corrected chi connectivity index (χ1v) is 3.86. The molecule has 0 saturated heterocycles. The minimum atomic E-state index is -0.115. The summed E-state index contributed by atoms with van der Waals surface area (Å²) >= 11 is 0. The van der Waals surface area contributed by atoms with Crippen molar-refractivity contribution in [3.63, 3.8) is 0 Å². The third kappa shape index (κ3) is 1.01. The molecule has 2 rings (SSSR count). The van der Waals surface area contributed by atoms with Gasteiger partial charge in [-0.2, -0.15) is 0 Å². The Labute approximate surface area is 68.8 Å². The third-order valence-corrected chi connectivity index (χ3v) is 1.80. The quantitative estimate of drug-likeness (QED) is 0.668. The molecule has 0 amide bonds. The van der Waals surface area contributed by atoms with Crippen molar-refractivity contribution in [3.05, 3.63) is 34.4 Å². The van der Waals surface area contributed by atoms with E-state index in [4.69, 9.17) is 0 Å². The van der Waals surface area contributed by atoms with E-state index in [2.05, 4.69) is 10.1 Å². The van der Waals surface area contributed by atoms with Crippen LogP contribution in [0.1, 0.15) is 12.5 Å². The van der Waals surface area contributed by atoms with Crippen molar-refractivity contribution in [1.29, 1.82) is 0 Å². The van der Waals surface area contributed by atoms with Crippen molar-refractivity contribution in [3.8, 4) is 0 Å². The molecule has 0 radical (unpaired) electrons. The largest absolute Gasteiger partial charge is 0.268 e. The van der Waals surface area contributed by atoms with Crippen LogP contribution in [0, 0.1) is 0 Å². The van der Waals surface area contributed by atoms with Crippen LogP contribution in [0.5, 0.6) is 0 Å². The predicted molar refractivity (Wildman–Crippen MR) is 45.2 cm³/mol. The van der Waals surface area contributed by atoms with Crippen LogP contribution in [0.25, 0.3) is 5.65 Å². The van der Waals surface area contributed by atoms with Gasteiger partial charge in [-0.15, -0.1) is 0 Å². The summed E-state index contributed by atoms with van der Waals surface area (Å²) in [6, 6.07) is 1.47. The van der Waals surface area contributed by atoms with E-state index in [1.54, 1.807) is 10.7 Å². The van der Waals surface area contributed by atoms with Crippen LogP contribution in [-0.4, -0.2) is 14.6 Å². The fourth-order valence-electron chi connectivity index (χ4n) is 1.12.